The third-order valence-electron chi connectivity index (χ3n) is 3.57. The van der Waals surface area contributed by atoms with Crippen molar-refractivity contribution < 1.29 is 9.45 Å². The Balaban J connectivity index is 2.01. The molecule has 0 aliphatic carbocycles. The molecule has 2 aromatic heterocycles. The molecule has 1 saturated heterocycles. The number of anilines is 1. The van der Waals surface area contributed by atoms with E-state index in [0.717, 1.165) is 30.8 Å². The number of imidazole rings is 1. The van der Waals surface area contributed by atoms with Gasteiger partial charge in [0.15, 0.2) is 0 Å². The van der Waals surface area contributed by atoms with Crippen LogP contribution >= 0.6 is 0 Å². The van der Waals surface area contributed by atoms with Crippen molar-refractivity contribution in [3.63, 3.8) is 0 Å². The lowest BCUT2D eigenvalue weighted by Crippen LogP contribution is -2.25. The van der Waals surface area contributed by atoms with Crippen LogP contribution in [0.5, 0.6) is 0 Å². The first-order valence-electron chi connectivity index (χ1n) is 6.43. The molecule has 1 fully saturated rings. The third-order valence-corrected chi connectivity index (χ3v) is 3.57. The molecule has 3 rings (SSSR count). The summed E-state index contributed by atoms with van der Waals surface area (Å²) in [5, 5.41) is 15.2. The summed E-state index contributed by atoms with van der Waals surface area (Å²) < 4.78 is 6.80. The fourth-order valence-corrected chi connectivity index (χ4v) is 2.74. The molecule has 1 unspecified atom stereocenters. The smallest absolute Gasteiger partial charge is 0.361 e. The largest absolute Gasteiger partial charge is 0.406 e. The zero-order chi connectivity index (χ0) is 14.3. The molecule has 106 valence electrons. The second-order valence-corrected chi connectivity index (χ2v) is 4.97. The summed E-state index contributed by atoms with van der Waals surface area (Å²) in [5.41, 5.74) is 0.815. The van der Waals surface area contributed by atoms with Gasteiger partial charge >= 0.3 is 5.82 Å². The van der Waals surface area contributed by atoms with Gasteiger partial charge in [0.2, 0.25) is 12.1 Å². The van der Waals surface area contributed by atoms with E-state index in [1.54, 1.807) is 11.6 Å². The Labute approximate surface area is 115 Å². The van der Waals surface area contributed by atoms with E-state index in [1.807, 2.05) is 17.9 Å². The molecular weight excluding hydrogens is 262 g/mol. The molecule has 0 aromatic carbocycles. The number of hydrogen-bond donors (Lipinski definition) is 0. The normalized spacial score (nSPS) is 18.7. The average molecular weight is 277 g/mol. The Kier molecular flexibility index (Phi) is 2.92. The van der Waals surface area contributed by atoms with Crippen molar-refractivity contribution >= 4 is 11.6 Å². The van der Waals surface area contributed by atoms with Gasteiger partial charge in [-0.15, -0.1) is 0 Å². The predicted octanol–water partition coefficient (Wildman–Crippen LogP) is 1.97. The van der Waals surface area contributed by atoms with Gasteiger partial charge in [-0.05, 0) is 29.7 Å². The zero-order valence-electron chi connectivity index (χ0n) is 11.3. The molecule has 0 spiro atoms. The fraction of sp³-hybridized carbons (Fsp3) is 0.500. The van der Waals surface area contributed by atoms with E-state index in [1.165, 1.54) is 6.33 Å². The fourth-order valence-electron chi connectivity index (χ4n) is 2.74. The van der Waals surface area contributed by atoms with Crippen molar-refractivity contribution in [2.45, 2.75) is 25.8 Å². The van der Waals surface area contributed by atoms with Crippen molar-refractivity contribution in [2.24, 2.45) is 7.05 Å². The van der Waals surface area contributed by atoms with Crippen LogP contribution in [0, 0.1) is 17.0 Å². The van der Waals surface area contributed by atoms with E-state index in [4.69, 9.17) is 4.52 Å². The van der Waals surface area contributed by atoms with Crippen molar-refractivity contribution in [3.05, 3.63) is 34.0 Å². The maximum Gasteiger partial charge on any atom is 0.406 e. The van der Waals surface area contributed by atoms with Gasteiger partial charge in [0, 0.05) is 19.7 Å². The van der Waals surface area contributed by atoms with Crippen LogP contribution in [0.25, 0.3) is 0 Å². The molecule has 20 heavy (non-hydrogen) atoms. The van der Waals surface area contributed by atoms with E-state index in [2.05, 4.69) is 10.1 Å². The van der Waals surface area contributed by atoms with Gasteiger partial charge in [-0.3, -0.25) is 4.57 Å². The topological polar surface area (TPSA) is 90.2 Å². The van der Waals surface area contributed by atoms with Crippen LogP contribution < -0.4 is 4.90 Å². The Morgan fingerprint density at radius 3 is 3.00 bits per heavy atom. The molecule has 1 atom stereocenters. The van der Waals surface area contributed by atoms with E-state index < -0.39 is 4.92 Å². The highest BCUT2D eigenvalue weighted by atomic mass is 16.6. The number of aryl methyl sites for hydroxylation is 2. The summed E-state index contributed by atoms with van der Waals surface area (Å²) in [5.74, 6) is 1.16. The van der Waals surface area contributed by atoms with Crippen molar-refractivity contribution in [3.8, 4) is 0 Å². The van der Waals surface area contributed by atoms with Crippen LogP contribution in [-0.2, 0) is 7.05 Å². The van der Waals surface area contributed by atoms with Crippen molar-refractivity contribution in [1.82, 2.24) is 14.7 Å². The van der Waals surface area contributed by atoms with Crippen LogP contribution in [-0.4, -0.2) is 26.2 Å². The highest BCUT2D eigenvalue weighted by Crippen LogP contribution is 2.39. The quantitative estimate of drug-likeness (QED) is 0.629. The van der Waals surface area contributed by atoms with Gasteiger partial charge in [-0.25, -0.2) is 0 Å². The van der Waals surface area contributed by atoms with E-state index in [-0.39, 0.29) is 11.9 Å². The standard InChI is InChI=1S/C12H15N5O3/c1-8-6-9(14-20-8)10-4-3-5-16(10)12-11(17(18)19)13-7-15(12)2/h6-7,10H,3-5H2,1-2H3. The van der Waals surface area contributed by atoms with Crippen molar-refractivity contribution in [2.75, 3.05) is 11.4 Å². The summed E-state index contributed by atoms with van der Waals surface area (Å²) in [4.78, 5) is 16.5. The van der Waals surface area contributed by atoms with Gasteiger partial charge in [0.1, 0.15) is 11.5 Å². The maximum absolute atomic E-state index is 11.1. The Hall–Kier alpha value is -2.38. The minimum absolute atomic E-state index is 0.00144. The average Bonchev–Trinajstić information content (AvgIpc) is 3.07. The van der Waals surface area contributed by atoms with Crippen molar-refractivity contribution in [1.29, 1.82) is 0 Å². The predicted molar refractivity (Wildman–Crippen MR) is 70.4 cm³/mol. The number of aromatic nitrogens is 3. The molecule has 0 radical (unpaired) electrons. The van der Waals surface area contributed by atoms with Gasteiger partial charge in [-0.1, -0.05) is 5.16 Å². The van der Waals surface area contributed by atoms with E-state index in [9.17, 15) is 10.1 Å². The third kappa shape index (κ3) is 1.93. The highest BCUT2D eigenvalue weighted by Gasteiger charge is 2.35. The van der Waals surface area contributed by atoms with E-state index >= 15 is 0 Å². The summed E-state index contributed by atoms with van der Waals surface area (Å²) in [7, 11) is 1.76. The molecule has 1 aliphatic rings. The summed E-state index contributed by atoms with van der Waals surface area (Å²) in [6.45, 7) is 2.58. The Bertz CT molecular complexity index is 647. The van der Waals surface area contributed by atoms with Crippen LogP contribution in [0.15, 0.2) is 16.9 Å². The van der Waals surface area contributed by atoms with Gasteiger partial charge in [0.25, 0.3) is 0 Å². The Morgan fingerprint density at radius 2 is 2.35 bits per heavy atom. The summed E-state index contributed by atoms with van der Waals surface area (Å²) in [6, 6.07) is 1.88. The van der Waals surface area contributed by atoms with Crippen LogP contribution in [0.4, 0.5) is 11.6 Å². The number of hydrogen-bond acceptors (Lipinski definition) is 6. The van der Waals surface area contributed by atoms with Crippen LogP contribution in [0.2, 0.25) is 0 Å². The molecule has 3 heterocycles. The molecule has 1 aliphatic heterocycles. The first-order valence-corrected chi connectivity index (χ1v) is 6.43. The summed E-state index contributed by atoms with van der Waals surface area (Å²) >= 11 is 0. The number of rotatable bonds is 3. The molecule has 2 aromatic rings. The second kappa shape index (κ2) is 4.62. The monoisotopic (exact) mass is 277 g/mol. The lowest BCUT2D eigenvalue weighted by atomic mass is 10.1. The minimum Gasteiger partial charge on any atom is -0.361 e. The minimum atomic E-state index is -0.446. The number of nitro groups is 1. The molecule has 8 nitrogen and oxygen atoms in total. The Morgan fingerprint density at radius 1 is 1.55 bits per heavy atom. The molecule has 8 heteroatoms. The lowest BCUT2D eigenvalue weighted by Gasteiger charge is -2.23. The van der Waals surface area contributed by atoms with Gasteiger partial charge in [0.05, 0.1) is 6.04 Å². The van der Waals surface area contributed by atoms with E-state index in [0.29, 0.717) is 5.82 Å². The van der Waals surface area contributed by atoms with Gasteiger partial charge < -0.3 is 19.5 Å². The SMILES string of the molecule is Cc1cc(C2CCCN2c2c([N+](=O)[O-])ncn2C)no1. The van der Waals surface area contributed by atoms with Gasteiger partial charge in [-0.2, -0.15) is 0 Å². The second-order valence-electron chi connectivity index (χ2n) is 4.97. The lowest BCUT2D eigenvalue weighted by molar-refractivity contribution is -0.388. The van der Waals surface area contributed by atoms with Crippen LogP contribution in [0.3, 0.4) is 0 Å². The maximum atomic E-state index is 11.1. The molecule has 0 saturated carbocycles. The molecule has 0 N–H and O–H groups in total. The first kappa shape index (κ1) is 12.6. The first-order chi connectivity index (χ1) is 9.58. The molecule has 0 amide bonds. The zero-order valence-corrected chi connectivity index (χ0v) is 11.3. The molecular formula is C12H15N5O3. The molecule has 0 bridgehead atoms. The summed E-state index contributed by atoms with van der Waals surface area (Å²) in [6.07, 6.45) is 3.32. The number of nitrogens with zero attached hydrogens (tertiary/aromatic N) is 5. The highest BCUT2D eigenvalue weighted by molar-refractivity contribution is 5.56. The van der Waals surface area contributed by atoms with Crippen LogP contribution in [0.1, 0.15) is 30.3 Å².